The van der Waals surface area contributed by atoms with Gasteiger partial charge in [0.15, 0.2) is 0 Å². The number of unbranched alkanes of at least 4 members (excludes halogenated alkanes) is 1. The molecule has 0 aromatic carbocycles. The maximum atomic E-state index is 8.52. The molecular formula is C11H18N4S. The summed E-state index contributed by atoms with van der Waals surface area (Å²) in [6, 6.07) is 1.92. The van der Waals surface area contributed by atoms with E-state index in [1.165, 1.54) is 5.56 Å². The normalized spacial score (nSPS) is 14.1. The molecule has 0 spiro atoms. The first-order valence-corrected chi connectivity index (χ1v) is 6.53. The third kappa shape index (κ3) is 4.23. The van der Waals surface area contributed by atoms with Gasteiger partial charge in [-0.2, -0.15) is 11.3 Å². The van der Waals surface area contributed by atoms with Crippen LogP contribution in [0, 0.1) is 0 Å². The van der Waals surface area contributed by atoms with E-state index in [0.29, 0.717) is 0 Å². The molecule has 88 valence electrons. The van der Waals surface area contributed by atoms with E-state index in [1.54, 1.807) is 11.3 Å². The number of rotatable bonds is 7. The van der Waals surface area contributed by atoms with E-state index in [0.717, 1.165) is 25.7 Å². The second-order valence-electron chi connectivity index (χ2n) is 3.91. The number of nitrogens with two attached hydrogens (primary N) is 1. The predicted octanol–water partition coefficient (Wildman–Crippen LogP) is 3.49. The van der Waals surface area contributed by atoms with Crippen LogP contribution in [0.4, 0.5) is 0 Å². The summed E-state index contributed by atoms with van der Waals surface area (Å²) < 4.78 is 0. The first-order valence-electron chi connectivity index (χ1n) is 5.58. The molecule has 0 saturated carbocycles. The van der Waals surface area contributed by atoms with Gasteiger partial charge in [-0.05, 0) is 40.8 Å². The lowest BCUT2D eigenvalue weighted by molar-refractivity contribution is 0.475. The SMILES string of the molecule is CCCCC(N=[N+]=[N-])C(N)Cc1ccsc1. The minimum atomic E-state index is -0.0788. The van der Waals surface area contributed by atoms with Gasteiger partial charge in [-0.15, -0.1) is 0 Å². The molecule has 0 aliphatic rings. The summed E-state index contributed by atoms with van der Waals surface area (Å²) in [5.41, 5.74) is 15.8. The van der Waals surface area contributed by atoms with Gasteiger partial charge in [-0.1, -0.05) is 24.9 Å². The molecule has 5 heteroatoms. The van der Waals surface area contributed by atoms with Crippen LogP contribution in [0.1, 0.15) is 31.7 Å². The molecule has 0 saturated heterocycles. The van der Waals surface area contributed by atoms with Crippen molar-refractivity contribution >= 4 is 11.3 Å². The van der Waals surface area contributed by atoms with Gasteiger partial charge in [-0.25, -0.2) is 0 Å². The lowest BCUT2D eigenvalue weighted by Crippen LogP contribution is -2.35. The Morgan fingerprint density at radius 1 is 1.62 bits per heavy atom. The summed E-state index contributed by atoms with van der Waals surface area (Å²) in [4.78, 5) is 2.89. The van der Waals surface area contributed by atoms with Crippen molar-refractivity contribution in [2.24, 2.45) is 10.8 Å². The number of nitrogens with zero attached hydrogens (tertiary/aromatic N) is 3. The lowest BCUT2D eigenvalue weighted by atomic mass is 9.98. The van der Waals surface area contributed by atoms with E-state index >= 15 is 0 Å². The van der Waals surface area contributed by atoms with Gasteiger partial charge in [0.25, 0.3) is 0 Å². The van der Waals surface area contributed by atoms with Crippen molar-refractivity contribution in [1.29, 1.82) is 0 Å². The molecule has 16 heavy (non-hydrogen) atoms. The van der Waals surface area contributed by atoms with Crippen LogP contribution in [0.5, 0.6) is 0 Å². The molecule has 0 aliphatic heterocycles. The molecule has 0 fully saturated rings. The van der Waals surface area contributed by atoms with Crippen molar-refractivity contribution in [3.63, 3.8) is 0 Å². The van der Waals surface area contributed by atoms with E-state index in [9.17, 15) is 0 Å². The molecule has 2 atom stereocenters. The Hall–Kier alpha value is -1.03. The minimum Gasteiger partial charge on any atom is -0.327 e. The second kappa shape index (κ2) is 7.28. The molecular weight excluding hydrogens is 220 g/mol. The Morgan fingerprint density at radius 3 is 3.00 bits per heavy atom. The van der Waals surface area contributed by atoms with Crippen LogP contribution in [-0.2, 0) is 6.42 Å². The predicted molar refractivity (Wildman–Crippen MR) is 68.5 cm³/mol. The zero-order chi connectivity index (χ0) is 11.8. The van der Waals surface area contributed by atoms with Gasteiger partial charge in [0.1, 0.15) is 0 Å². The van der Waals surface area contributed by atoms with E-state index in [1.807, 2.05) is 5.38 Å². The minimum absolute atomic E-state index is 0.0722. The molecule has 0 radical (unpaired) electrons. The van der Waals surface area contributed by atoms with Crippen molar-refractivity contribution in [3.8, 4) is 0 Å². The molecule has 4 nitrogen and oxygen atoms in total. The average molecular weight is 238 g/mol. The summed E-state index contributed by atoms with van der Waals surface area (Å²) in [6.45, 7) is 2.12. The molecule has 0 bridgehead atoms. The number of hydrogen-bond donors (Lipinski definition) is 1. The van der Waals surface area contributed by atoms with Crippen LogP contribution in [0.2, 0.25) is 0 Å². The first-order chi connectivity index (χ1) is 7.77. The Labute approximate surface area is 100 Å². The summed E-state index contributed by atoms with van der Waals surface area (Å²) in [6.07, 6.45) is 3.83. The van der Waals surface area contributed by atoms with E-state index < -0.39 is 0 Å². The van der Waals surface area contributed by atoms with E-state index in [2.05, 4.69) is 28.4 Å². The third-order valence-electron chi connectivity index (χ3n) is 2.60. The third-order valence-corrected chi connectivity index (χ3v) is 3.33. The van der Waals surface area contributed by atoms with Gasteiger partial charge >= 0.3 is 0 Å². The summed E-state index contributed by atoms with van der Waals surface area (Å²) in [5, 5.41) is 7.93. The maximum Gasteiger partial charge on any atom is 0.0528 e. The van der Waals surface area contributed by atoms with Gasteiger partial charge in [0.05, 0.1) is 6.04 Å². The zero-order valence-electron chi connectivity index (χ0n) is 9.54. The topological polar surface area (TPSA) is 74.8 Å². The smallest absolute Gasteiger partial charge is 0.0528 e. The largest absolute Gasteiger partial charge is 0.327 e. The molecule has 0 amide bonds. The quantitative estimate of drug-likeness (QED) is 0.440. The van der Waals surface area contributed by atoms with Gasteiger partial charge in [0.2, 0.25) is 0 Å². The van der Waals surface area contributed by atoms with E-state index in [4.69, 9.17) is 11.3 Å². The number of hydrogen-bond acceptors (Lipinski definition) is 3. The highest BCUT2D eigenvalue weighted by Crippen LogP contribution is 2.14. The van der Waals surface area contributed by atoms with Crippen LogP contribution in [-0.4, -0.2) is 12.1 Å². The van der Waals surface area contributed by atoms with Crippen molar-refractivity contribution in [3.05, 3.63) is 32.8 Å². The molecule has 1 aromatic heterocycles. The highest BCUT2D eigenvalue weighted by atomic mass is 32.1. The Morgan fingerprint density at radius 2 is 2.44 bits per heavy atom. The fourth-order valence-corrected chi connectivity index (χ4v) is 2.34. The lowest BCUT2D eigenvalue weighted by Gasteiger charge is -2.18. The van der Waals surface area contributed by atoms with Crippen molar-refractivity contribution in [2.45, 2.75) is 44.7 Å². The fraction of sp³-hybridized carbons (Fsp3) is 0.636. The van der Waals surface area contributed by atoms with Gasteiger partial charge < -0.3 is 5.73 Å². The highest BCUT2D eigenvalue weighted by molar-refractivity contribution is 7.07. The summed E-state index contributed by atoms with van der Waals surface area (Å²) >= 11 is 1.67. The maximum absolute atomic E-state index is 8.52. The van der Waals surface area contributed by atoms with Gasteiger partial charge in [0, 0.05) is 11.0 Å². The highest BCUT2D eigenvalue weighted by Gasteiger charge is 2.16. The summed E-state index contributed by atoms with van der Waals surface area (Å²) in [5.74, 6) is 0. The molecule has 2 unspecified atom stereocenters. The van der Waals surface area contributed by atoms with Crippen molar-refractivity contribution in [2.75, 3.05) is 0 Å². The van der Waals surface area contributed by atoms with Crippen molar-refractivity contribution < 1.29 is 0 Å². The first kappa shape index (κ1) is 13.0. The number of thiophene rings is 1. The summed E-state index contributed by atoms with van der Waals surface area (Å²) in [7, 11) is 0. The van der Waals surface area contributed by atoms with Crippen LogP contribution in [0.15, 0.2) is 21.9 Å². The average Bonchev–Trinajstić information content (AvgIpc) is 2.76. The second-order valence-corrected chi connectivity index (χ2v) is 4.69. The van der Waals surface area contributed by atoms with Gasteiger partial charge in [-0.3, -0.25) is 0 Å². The van der Waals surface area contributed by atoms with Crippen LogP contribution < -0.4 is 5.73 Å². The fourth-order valence-electron chi connectivity index (χ4n) is 1.65. The standard InChI is InChI=1S/C11H18N4S/c1-2-3-4-11(14-15-13)10(12)7-9-5-6-16-8-9/h5-6,8,10-11H,2-4,7,12H2,1H3. The van der Waals surface area contributed by atoms with Crippen LogP contribution >= 0.6 is 11.3 Å². The molecule has 1 rings (SSSR count). The zero-order valence-corrected chi connectivity index (χ0v) is 10.4. The van der Waals surface area contributed by atoms with Crippen molar-refractivity contribution in [1.82, 2.24) is 0 Å². The van der Waals surface area contributed by atoms with E-state index in [-0.39, 0.29) is 12.1 Å². The number of azide groups is 1. The van der Waals surface area contributed by atoms with Crippen LogP contribution in [0.25, 0.3) is 10.4 Å². The molecule has 1 heterocycles. The van der Waals surface area contributed by atoms with Crippen LogP contribution in [0.3, 0.4) is 0 Å². The monoisotopic (exact) mass is 238 g/mol. The molecule has 0 aliphatic carbocycles. The molecule has 2 N–H and O–H groups in total. The Balaban J connectivity index is 2.52. The Bertz CT molecular complexity index is 330. The molecule has 1 aromatic rings. The Kier molecular flexibility index (Phi) is 5.93.